The lowest BCUT2D eigenvalue weighted by Crippen LogP contribution is -2.57. The fraction of sp³-hybridized carbons (Fsp3) is 0.300. The van der Waals surface area contributed by atoms with Gasteiger partial charge >= 0.3 is 0 Å². The molecule has 4 aromatic rings. The second-order valence-corrected chi connectivity index (χ2v) is 9.63. The number of carbonyl (C=O) groups is 2. The van der Waals surface area contributed by atoms with Crippen LogP contribution < -0.4 is 19.7 Å². The molecule has 0 spiro atoms. The first-order chi connectivity index (χ1) is 20.1. The average molecular weight is 556 g/mol. The standard InChI is InChI=1S/C30H33N7O4/c1-40-25-9-7-23(8-10-25)11-13-32-28(38)19-24-20-35(27-12-14-33-30(34-27)36-16-15-31-22-36)17-18-37(24)29(39)21-41-26-5-3-2-4-6-26/h2-10,12,14-16,22,24H,11,13,17-21H2,1H3,(H,32,38). The van der Waals surface area contributed by atoms with E-state index in [4.69, 9.17) is 14.5 Å². The summed E-state index contributed by atoms with van der Waals surface area (Å²) in [6, 6.07) is 18.5. The Balaban J connectivity index is 1.24. The molecule has 41 heavy (non-hydrogen) atoms. The van der Waals surface area contributed by atoms with Crippen molar-refractivity contribution in [1.82, 2.24) is 29.7 Å². The quantitative estimate of drug-likeness (QED) is 0.300. The van der Waals surface area contributed by atoms with Crippen LogP contribution in [0.25, 0.3) is 5.95 Å². The van der Waals surface area contributed by atoms with E-state index in [-0.39, 0.29) is 30.9 Å². The van der Waals surface area contributed by atoms with Crippen molar-refractivity contribution < 1.29 is 19.1 Å². The van der Waals surface area contributed by atoms with E-state index >= 15 is 0 Å². The highest BCUT2D eigenvalue weighted by Gasteiger charge is 2.33. The maximum Gasteiger partial charge on any atom is 0.260 e. The van der Waals surface area contributed by atoms with Crippen LogP contribution in [0.5, 0.6) is 11.5 Å². The molecule has 5 rings (SSSR count). The van der Waals surface area contributed by atoms with Crippen LogP contribution in [-0.4, -0.2) is 82.2 Å². The fourth-order valence-corrected chi connectivity index (χ4v) is 4.75. The Kier molecular flexibility index (Phi) is 9.05. The molecule has 1 saturated heterocycles. The summed E-state index contributed by atoms with van der Waals surface area (Å²) in [4.78, 5) is 43.3. The summed E-state index contributed by atoms with van der Waals surface area (Å²) in [5.41, 5.74) is 1.10. The molecule has 1 fully saturated rings. The van der Waals surface area contributed by atoms with Gasteiger partial charge in [-0.1, -0.05) is 30.3 Å². The first-order valence-corrected chi connectivity index (χ1v) is 13.5. The van der Waals surface area contributed by atoms with E-state index in [2.05, 4.69) is 20.2 Å². The number of rotatable bonds is 11. The second kappa shape index (κ2) is 13.4. The molecule has 1 aliphatic rings. The van der Waals surface area contributed by atoms with Crippen LogP contribution in [-0.2, 0) is 16.0 Å². The second-order valence-electron chi connectivity index (χ2n) is 9.63. The van der Waals surface area contributed by atoms with Crippen molar-refractivity contribution >= 4 is 17.6 Å². The van der Waals surface area contributed by atoms with Crippen molar-refractivity contribution in [3.63, 3.8) is 0 Å². The zero-order valence-electron chi connectivity index (χ0n) is 22.9. The van der Waals surface area contributed by atoms with Crippen molar-refractivity contribution in [2.45, 2.75) is 18.9 Å². The molecule has 0 bridgehead atoms. The normalized spacial score (nSPS) is 14.9. The Labute approximate surface area is 238 Å². The van der Waals surface area contributed by atoms with Gasteiger partial charge in [0.2, 0.25) is 11.9 Å². The lowest BCUT2D eigenvalue weighted by molar-refractivity contribution is -0.137. The minimum absolute atomic E-state index is 0.0993. The molecule has 212 valence electrons. The summed E-state index contributed by atoms with van der Waals surface area (Å²) in [5.74, 6) is 2.37. The summed E-state index contributed by atoms with van der Waals surface area (Å²) in [6.07, 6.45) is 7.64. The number of carbonyl (C=O) groups excluding carboxylic acids is 2. The number of piperazine rings is 1. The predicted octanol–water partition coefficient (Wildman–Crippen LogP) is 2.52. The average Bonchev–Trinajstić information content (AvgIpc) is 3.56. The third-order valence-corrected chi connectivity index (χ3v) is 6.91. The molecule has 0 radical (unpaired) electrons. The first-order valence-electron chi connectivity index (χ1n) is 13.5. The minimum Gasteiger partial charge on any atom is -0.497 e. The number of nitrogens with zero attached hydrogens (tertiary/aromatic N) is 6. The number of benzene rings is 2. The van der Waals surface area contributed by atoms with Gasteiger partial charge in [-0.25, -0.2) is 9.97 Å². The maximum absolute atomic E-state index is 13.3. The van der Waals surface area contributed by atoms with E-state index in [1.807, 2.05) is 60.7 Å². The molecule has 1 atom stereocenters. The number of anilines is 1. The summed E-state index contributed by atoms with van der Waals surface area (Å²) in [7, 11) is 1.63. The molecule has 0 aliphatic carbocycles. The van der Waals surface area contributed by atoms with Crippen LogP contribution in [0.15, 0.2) is 85.6 Å². The number of hydrogen-bond acceptors (Lipinski definition) is 8. The van der Waals surface area contributed by atoms with Crippen molar-refractivity contribution in [1.29, 1.82) is 0 Å². The highest BCUT2D eigenvalue weighted by Crippen LogP contribution is 2.21. The topological polar surface area (TPSA) is 115 Å². The number of nitrogens with one attached hydrogen (secondary N) is 1. The zero-order chi connectivity index (χ0) is 28.4. The number of amides is 2. The zero-order valence-corrected chi connectivity index (χ0v) is 22.9. The largest absolute Gasteiger partial charge is 0.497 e. The van der Waals surface area contributed by atoms with Gasteiger partial charge in [-0.15, -0.1) is 0 Å². The van der Waals surface area contributed by atoms with Crippen LogP contribution in [0, 0.1) is 0 Å². The number of para-hydroxylation sites is 1. The molecule has 1 unspecified atom stereocenters. The molecule has 2 aromatic heterocycles. The highest BCUT2D eigenvalue weighted by atomic mass is 16.5. The Morgan fingerprint density at radius 1 is 1.00 bits per heavy atom. The summed E-state index contributed by atoms with van der Waals surface area (Å²) in [5, 5.41) is 3.01. The molecule has 1 aliphatic heterocycles. The monoisotopic (exact) mass is 555 g/mol. The van der Waals surface area contributed by atoms with Gasteiger partial charge in [0, 0.05) is 51.2 Å². The number of methoxy groups -OCH3 is 1. The molecule has 11 heteroatoms. The van der Waals surface area contributed by atoms with E-state index in [9.17, 15) is 9.59 Å². The van der Waals surface area contributed by atoms with Gasteiger partial charge in [0.15, 0.2) is 6.61 Å². The Morgan fingerprint density at radius 3 is 2.59 bits per heavy atom. The number of aromatic nitrogens is 4. The van der Waals surface area contributed by atoms with Crippen molar-refractivity contribution in [2.75, 3.05) is 44.8 Å². The molecule has 0 saturated carbocycles. The van der Waals surface area contributed by atoms with Gasteiger partial charge in [0.05, 0.1) is 13.2 Å². The van der Waals surface area contributed by atoms with Gasteiger partial charge in [-0.05, 0) is 42.3 Å². The van der Waals surface area contributed by atoms with Crippen LogP contribution in [0.2, 0.25) is 0 Å². The lowest BCUT2D eigenvalue weighted by atomic mass is 10.1. The summed E-state index contributed by atoms with van der Waals surface area (Å²) in [6.45, 7) is 1.84. The van der Waals surface area contributed by atoms with Gasteiger partial charge in [0.25, 0.3) is 5.91 Å². The highest BCUT2D eigenvalue weighted by molar-refractivity contribution is 5.81. The smallest absolute Gasteiger partial charge is 0.260 e. The van der Waals surface area contributed by atoms with Crippen LogP contribution in [0.1, 0.15) is 12.0 Å². The number of hydrogen-bond donors (Lipinski definition) is 1. The third-order valence-electron chi connectivity index (χ3n) is 6.91. The molecule has 11 nitrogen and oxygen atoms in total. The molecule has 2 amide bonds. The third kappa shape index (κ3) is 7.38. The first kappa shape index (κ1) is 27.6. The number of ether oxygens (including phenoxy) is 2. The molecular formula is C30H33N7O4. The van der Waals surface area contributed by atoms with Crippen molar-refractivity contribution in [2.24, 2.45) is 0 Å². The van der Waals surface area contributed by atoms with E-state index < -0.39 is 0 Å². The molecule has 3 heterocycles. The van der Waals surface area contributed by atoms with Crippen LogP contribution >= 0.6 is 0 Å². The Hall–Kier alpha value is -4.93. The van der Waals surface area contributed by atoms with E-state index in [0.717, 1.165) is 17.1 Å². The minimum atomic E-state index is -0.358. The number of imidazole rings is 1. The molecular weight excluding hydrogens is 522 g/mol. The Bertz CT molecular complexity index is 1410. The molecule has 1 N–H and O–H groups in total. The summed E-state index contributed by atoms with van der Waals surface area (Å²) < 4.78 is 12.7. The summed E-state index contributed by atoms with van der Waals surface area (Å²) >= 11 is 0. The van der Waals surface area contributed by atoms with Crippen LogP contribution in [0.4, 0.5) is 5.82 Å². The van der Waals surface area contributed by atoms with Crippen molar-refractivity contribution in [3.05, 3.63) is 91.1 Å². The van der Waals surface area contributed by atoms with Gasteiger partial charge in [-0.3, -0.25) is 14.2 Å². The van der Waals surface area contributed by atoms with Crippen LogP contribution in [0.3, 0.4) is 0 Å². The molecule has 2 aromatic carbocycles. The lowest BCUT2D eigenvalue weighted by Gasteiger charge is -2.41. The maximum atomic E-state index is 13.3. The fourth-order valence-electron chi connectivity index (χ4n) is 4.75. The van der Waals surface area contributed by atoms with Crippen molar-refractivity contribution in [3.8, 4) is 17.4 Å². The van der Waals surface area contributed by atoms with Gasteiger partial charge < -0.3 is 24.6 Å². The SMILES string of the molecule is COc1ccc(CCNC(=O)CC2CN(c3ccnc(-n4ccnc4)n3)CCN2C(=O)COc2ccccc2)cc1. The van der Waals surface area contributed by atoms with Gasteiger partial charge in [-0.2, -0.15) is 4.98 Å². The van der Waals surface area contributed by atoms with E-state index in [1.54, 1.807) is 41.5 Å². The van der Waals surface area contributed by atoms with E-state index in [0.29, 0.717) is 44.3 Å². The predicted molar refractivity (Wildman–Crippen MR) is 153 cm³/mol. The van der Waals surface area contributed by atoms with E-state index in [1.165, 1.54) is 0 Å². The Morgan fingerprint density at radius 2 is 1.83 bits per heavy atom. The van der Waals surface area contributed by atoms with Gasteiger partial charge in [0.1, 0.15) is 23.6 Å².